The van der Waals surface area contributed by atoms with Crippen molar-refractivity contribution in [3.8, 4) is 0 Å². The van der Waals surface area contributed by atoms with Crippen LogP contribution in [0, 0.1) is 0 Å². The zero-order valence-electron chi connectivity index (χ0n) is 9.87. The highest BCUT2D eigenvalue weighted by atomic mass is 32.2. The van der Waals surface area contributed by atoms with Crippen LogP contribution in [0.5, 0.6) is 0 Å². The Hall–Kier alpha value is 0.270. The zero-order valence-corrected chi connectivity index (χ0v) is 10.7. The first kappa shape index (κ1) is 11.7. The smallest absolute Gasteiger partial charge is 0.0198 e. The maximum Gasteiger partial charge on any atom is 0.0198 e. The van der Waals surface area contributed by atoms with Gasteiger partial charge >= 0.3 is 0 Å². The minimum Gasteiger partial charge on any atom is -0.310 e. The van der Waals surface area contributed by atoms with Gasteiger partial charge in [-0.15, -0.1) is 0 Å². The molecule has 2 saturated heterocycles. The summed E-state index contributed by atoms with van der Waals surface area (Å²) in [5, 5.41) is 3.74. The Morgan fingerprint density at radius 1 is 1.27 bits per heavy atom. The van der Waals surface area contributed by atoms with Crippen LogP contribution in [0.15, 0.2) is 0 Å². The molecule has 2 rings (SSSR count). The molecule has 15 heavy (non-hydrogen) atoms. The first-order valence-corrected chi connectivity index (χ1v) is 7.60. The third-order valence-corrected chi connectivity index (χ3v) is 4.56. The van der Waals surface area contributed by atoms with Gasteiger partial charge in [0.2, 0.25) is 0 Å². The number of hydrogen-bond donors (Lipinski definition) is 1. The Morgan fingerprint density at radius 3 is 3.00 bits per heavy atom. The second-order valence-corrected chi connectivity index (χ2v) is 6.17. The third kappa shape index (κ3) is 3.65. The molecule has 2 aliphatic heterocycles. The average molecular weight is 228 g/mol. The lowest BCUT2D eigenvalue weighted by Crippen LogP contribution is -2.35. The van der Waals surface area contributed by atoms with E-state index in [0.29, 0.717) is 0 Å². The summed E-state index contributed by atoms with van der Waals surface area (Å²) in [5.74, 6) is 2.61. The summed E-state index contributed by atoms with van der Waals surface area (Å²) in [6.07, 6.45) is 5.57. The van der Waals surface area contributed by atoms with Crippen molar-refractivity contribution >= 4 is 11.8 Å². The van der Waals surface area contributed by atoms with Crippen LogP contribution in [0.4, 0.5) is 0 Å². The van der Waals surface area contributed by atoms with Crippen LogP contribution in [-0.4, -0.2) is 48.1 Å². The molecule has 2 atom stereocenters. The fourth-order valence-corrected chi connectivity index (χ4v) is 3.37. The summed E-state index contributed by atoms with van der Waals surface area (Å²) in [4.78, 5) is 2.67. The van der Waals surface area contributed by atoms with Gasteiger partial charge in [0.15, 0.2) is 0 Å². The average Bonchev–Trinajstić information content (AvgIpc) is 2.56. The number of nitrogens with zero attached hydrogens (tertiary/aromatic N) is 1. The van der Waals surface area contributed by atoms with Crippen molar-refractivity contribution in [2.24, 2.45) is 0 Å². The van der Waals surface area contributed by atoms with Crippen LogP contribution in [0.2, 0.25) is 0 Å². The van der Waals surface area contributed by atoms with Crippen LogP contribution < -0.4 is 5.32 Å². The highest BCUT2D eigenvalue weighted by Crippen LogP contribution is 2.20. The first-order valence-electron chi connectivity index (χ1n) is 6.44. The predicted molar refractivity (Wildman–Crippen MR) is 68.6 cm³/mol. The van der Waals surface area contributed by atoms with Crippen molar-refractivity contribution in [2.75, 3.05) is 31.1 Å². The second kappa shape index (κ2) is 6.12. The molecule has 0 spiro atoms. The molecule has 0 aliphatic carbocycles. The van der Waals surface area contributed by atoms with Gasteiger partial charge < -0.3 is 10.2 Å². The molecule has 0 radical (unpaired) electrons. The number of fused-ring (bicyclic) bond motifs is 2. The minimum atomic E-state index is 0.802. The fraction of sp³-hybridized carbons (Fsp3) is 1.00. The van der Waals surface area contributed by atoms with E-state index in [2.05, 4.69) is 28.9 Å². The van der Waals surface area contributed by atoms with E-state index in [0.717, 1.165) is 12.1 Å². The number of thioether (sulfide) groups is 1. The second-order valence-electron chi connectivity index (χ2n) is 4.78. The number of hydrogen-bond acceptors (Lipinski definition) is 3. The molecule has 2 fully saturated rings. The lowest BCUT2D eigenvalue weighted by molar-refractivity contribution is 0.260. The number of likely N-dealkylation sites (tertiary alicyclic amines) is 1. The predicted octanol–water partition coefficient (Wildman–Crippen LogP) is 1.96. The number of nitrogens with one attached hydrogen (secondary N) is 1. The monoisotopic (exact) mass is 228 g/mol. The highest BCUT2D eigenvalue weighted by molar-refractivity contribution is 7.99. The molecule has 0 amide bonds. The van der Waals surface area contributed by atoms with Crippen LogP contribution in [-0.2, 0) is 0 Å². The molecule has 0 aromatic carbocycles. The molecule has 2 heterocycles. The van der Waals surface area contributed by atoms with Gasteiger partial charge in [0.05, 0.1) is 0 Å². The Bertz CT molecular complexity index is 186. The standard InChI is InChI=1S/C12H24N2S/c1-2-15-9-3-7-14-8-6-11-4-5-12(10-14)13-11/h11-13H,2-10H2,1H3. The summed E-state index contributed by atoms with van der Waals surface area (Å²) in [5.41, 5.74) is 0. The Balaban J connectivity index is 1.65. The molecule has 0 aromatic heterocycles. The van der Waals surface area contributed by atoms with Gasteiger partial charge in [-0.2, -0.15) is 11.8 Å². The molecule has 2 nitrogen and oxygen atoms in total. The van der Waals surface area contributed by atoms with Crippen molar-refractivity contribution in [1.29, 1.82) is 0 Å². The van der Waals surface area contributed by atoms with Crippen LogP contribution >= 0.6 is 11.8 Å². The lowest BCUT2D eigenvalue weighted by atomic mass is 10.1. The van der Waals surface area contributed by atoms with Crippen molar-refractivity contribution in [2.45, 2.75) is 44.7 Å². The van der Waals surface area contributed by atoms with E-state index in [9.17, 15) is 0 Å². The van der Waals surface area contributed by atoms with E-state index in [-0.39, 0.29) is 0 Å². The van der Waals surface area contributed by atoms with Crippen molar-refractivity contribution in [3.63, 3.8) is 0 Å². The van der Waals surface area contributed by atoms with E-state index >= 15 is 0 Å². The summed E-state index contributed by atoms with van der Waals surface area (Å²) >= 11 is 2.07. The van der Waals surface area contributed by atoms with Gasteiger partial charge in [-0.25, -0.2) is 0 Å². The molecule has 3 heteroatoms. The summed E-state index contributed by atoms with van der Waals surface area (Å²) in [6.45, 7) is 6.19. The van der Waals surface area contributed by atoms with Gasteiger partial charge in [-0.3, -0.25) is 0 Å². The Morgan fingerprint density at radius 2 is 2.13 bits per heavy atom. The summed E-state index contributed by atoms with van der Waals surface area (Å²) in [6, 6.07) is 1.64. The summed E-state index contributed by atoms with van der Waals surface area (Å²) in [7, 11) is 0. The van der Waals surface area contributed by atoms with Crippen molar-refractivity contribution < 1.29 is 0 Å². The molecule has 0 saturated carbocycles. The quantitative estimate of drug-likeness (QED) is 0.724. The normalized spacial score (nSPS) is 31.8. The van der Waals surface area contributed by atoms with Crippen molar-refractivity contribution in [3.05, 3.63) is 0 Å². The van der Waals surface area contributed by atoms with Crippen LogP contribution in [0.25, 0.3) is 0 Å². The molecular weight excluding hydrogens is 204 g/mol. The largest absolute Gasteiger partial charge is 0.310 e. The van der Waals surface area contributed by atoms with Crippen LogP contribution in [0.3, 0.4) is 0 Å². The molecule has 0 aromatic rings. The minimum absolute atomic E-state index is 0.802. The third-order valence-electron chi connectivity index (χ3n) is 3.57. The first-order chi connectivity index (χ1) is 7.38. The molecule has 2 unspecified atom stereocenters. The van der Waals surface area contributed by atoms with E-state index in [1.165, 1.54) is 56.8 Å². The maximum atomic E-state index is 3.74. The maximum absolute atomic E-state index is 3.74. The van der Waals surface area contributed by atoms with Gasteiger partial charge in [0.25, 0.3) is 0 Å². The van der Waals surface area contributed by atoms with Crippen LogP contribution in [0.1, 0.15) is 32.6 Å². The van der Waals surface area contributed by atoms with Crippen molar-refractivity contribution in [1.82, 2.24) is 10.2 Å². The molecule has 2 aliphatic rings. The Kier molecular flexibility index (Phi) is 4.79. The molecular formula is C12H24N2S. The van der Waals surface area contributed by atoms with Gasteiger partial charge in [0.1, 0.15) is 0 Å². The molecule has 1 N–H and O–H groups in total. The fourth-order valence-electron chi connectivity index (χ4n) is 2.75. The SMILES string of the molecule is CCSCCCN1CCC2CCC(C1)N2. The van der Waals surface area contributed by atoms with E-state index in [4.69, 9.17) is 0 Å². The van der Waals surface area contributed by atoms with Gasteiger partial charge in [0, 0.05) is 18.6 Å². The topological polar surface area (TPSA) is 15.3 Å². The molecule has 88 valence electrons. The van der Waals surface area contributed by atoms with E-state index < -0.39 is 0 Å². The lowest BCUT2D eigenvalue weighted by Gasteiger charge is -2.23. The number of rotatable bonds is 5. The summed E-state index contributed by atoms with van der Waals surface area (Å²) < 4.78 is 0. The highest BCUT2D eigenvalue weighted by Gasteiger charge is 2.28. The van der Waals surface area contributed by atoms with E-state index in [1.807, 2.05) is 0 Å². The Labute approximate surface area is 98.2 Å². The molecule has 2 bridgehead atoms. The van der Waals surface area contributed by atoms with Gasteiger partial charge in [-0.1, -0.05) is 6.92 Å². The van der Waals surface area contributed by atoms with E-state index in [1.54, 1.807) is 0 Å². The van der Waals surface area contributed by atoms with Gasteiger partial charge in [-0.05, 0) is 50.3 Å². The zero-order chi connectivity index (χ0) is 10.5.